The first-order valence-corrected chi connectivity index (χ1v) is 9.09. The molecule has 1 aliphatic heterocycles. The SMILES string of the molecule is CC(C)[C@H]1CN(C(=O)OCC2CC2)c2ccccc2N(CC(F)(F)F)C1=O. The van der Waals surface area contributed by atoms with Crippen molar-refractivity contribution < 1.29 is 27.5 Å². The summed E-state index contributed by atoms with van der Waals surface area (Å²) >= 11 is 0. The zero-order chi connectivity index (χ0) is 19.8. The van der Waals surface area contributed by atoms with Crippen LogP contribution in [0, 0.1) is 17.8 Å². The van der Waals surface area contributed by atoms with Crippen LogP contribution in [-0.2, 0) is 9.53 Å². The first-order chi connectivity index (χ1) is 12.7. The van der Waals surface area contributed by atoms with Gasteiger partial charge in [-0.3, -0.25) is 9.69 Å². The largest absolute Gasteiger partial charge is 0.449 e. The monoisotopic (exact) mass is 384 g/mol. The van der Waals surface area contributed by atoms with Crippen molar-refractivity contribution in [3.05, 3.63) is 24.3 Å². The number of halogens is 3. The molecule has 0 bridgehead atoms. The van der Waals surface area contributed by atoms with Crippen LogP contribution in [0.15, 0.2) is 24.3 Å². The molecule has 1 fully saturated rings. The molecule has 1 saturated carbocycles. The summed E-state index contributed by atoms with van der Waals surface area (Å²) in [6.07, 6.45) is -3.15. The van der Waals surface area contributed by atoms with Gasteiger partial charge >= 0.3 is 12.3 Å². The number of alkyl halides is 3. The van der Waals surface area contributed by atoms with Crippen LogP contribution in [0.5, 0.6) is 0 Å². The number of para-hydroxylation sites is 2. The number of hydrogen-bond donors (Lipinski definition) is 0. The van der Waals surface area contributed by atoms with Crippen molar-refractivity contribution >= 4 is 23.4 Å². The maximum Gasteiger partial charge on any atom is 0.414 e. The minimum Gasteiger partial charge on any atom is -0.449 e. The summed E-state index contributed by atoms with van der Waals surface area (Å²) in [5, 5.41) is 0. The van der Waals surface area contributed by atoms with Gasteiger partial charge in [-0.15, -0.1) is 0 Å². The number of ether oxygens (including phenoxy) is 1. The van der Waals surface area contributed by atoms with Crippen LogP contribution in [0.2, 0.25) is 0 Å². The molecule has 0 radical (unpaired) electrons. The normalized spacial score (nSPS) is 20.5. The zero-order valence-electron chi connectivity index (χ0n) is 15.3. The van der Waals surface area contributed by atoms with Crippen molar-refractivity contribution in [2.24, 2.45) is 17.8 Å². The second-order valence-corrected chi connectivity index (χ2v) is 7.51. The molecule has 0 unspecified atom stereocenters. The van der Waals surface area contributed by atoms with E-state index in [1.54, 1.807) is 32.0 Å². The topological polar surface area (TPSA) is 49.9 Å². The van der Waals surface area contributed by atoms with E-state index in [0.717, 1.165) is 17.7 Å². The number of nitrogens with zero attached hydrogens (tertiary/aromatic N) is 2. The second kappa shape index (κ2) is 7.40. The van der Waals surface area contributed by atoms with Crippen molar-refractivity contribution in [1.29, 1.82) is 0 Å². The summed E-state index contributed by atoms with van der Waals surface area (Å²) < 4.78 is 44.8. The molecule has 1 aromatic rings. The molecule has 3 rings (SSSR count). The lowest BCUT2D eigenvalue weighted by atomic mass is 9.94. The number of hydrogen-bond acceptors (Lipinski definition) is 3. The van der Waals surface area contributed by atoms with Gasteiger partial charge in [0.1, 0.15) is 6.54 Å². The van der Waals surface area contributed by atoms with E-state index in [4.69, 9.17) is 4.74 Å². The van der Waals surface area contributed by atoms with Crippen LogP contribution in [0.3, 0.4) is 0 Å². The summed E-state index contributed by atoms with van der Waals surface area (Å²) in [7, 11) is 0. The molecule has 1 heterocycles. The Hall–Kier alpha value is -2.25. The van der Waals surface area contributed by atoms with E-state index >= 15 is 0 Å². The van der Waals surface area contributed by atoms with Crippen LogP contribution < -0.4 is 9.80 Å². The molecule has 1 aliphatic carbocycles. The average molecular weight is 384 g/mol. The van der Waals surface area contributed by atoms with Crippen LogP contribution in [0.1, 0.15) is 26.7 Å². The molecule has 1 aromatic carbocycles. The van der Waals surface area contributed by atoms with Gasteiger partial charge in [0.15, 0.2) is 0 Å². The fourth-order valence-corrected chi connectivity index (χ4v) is 3.18. The van der Waals surface area contributed by atoms with Gasteiger partial charge in [0.2, 0.25) is 5.91 Å². The van der Waals surface area contributed by atoms with Crippen molar-refractivity contribution in [2.45, 2.75) is 32.9 Å². The summed E-state index contributed by atoms with van der Waals surface area (Å²) in [6, 6.07) is 6.17. The van der Waals surface area contributed by atoms with E-state index in [9.17, 15) is 22.8 Å². The smallest absolute Gasteiger partial charge is 0.414 e. The molecule has 0 aromatic heterocycles. The van der Waals surface area contributed by atoms with Crippen molar-refractivity contribution in [3.63, 3.8) is 0 Å². The molecule has 0 N–H and O–H groups in total. The third-order valence-electron chi connectivity index (χ3n) is 4.93. The van der Waals surface area contributed by atoms with Gasteiger partial charge in [-0.1, -0.05) is 26.0 Å². The Morgan fingerprint density at radius 1 is 1.22 bits per heavy atom. The van der Waals surface area contributed by atoms with Crippen LogP contribution in [0.25, 0.3) is 0 Å². The third kappa shape index (κ3) is 4.54. The summed E-state index contributed by atoms with van der Waals surface area (Å²) in [5.41, 5.74) is 0.338. The van der Waals surface area contributed by atoms with Crippen LogP contribution >= 0.6 is 0 Å². The first-order valence-electron chi connectivity index (χ1n) is 9.09. The number of rotatable bonds is 4. The predicted molar refractivity (Wildman–Crippen MR) is 94.6 cm³/mol. The van der Waals surface area contributed by atoms with E-state index in [2.05, 4.69) is 0 Å². The van der Waals surface area contributed by atoms with E-state index < -0.39 is 30.6 Å². The standard InChI is InChI=1S/C19H23F3N2O3/c1-12(2)14-9-23(18(26)27-10-13-7-8-13)15-5-3-4-6-16(15)24(17(14)25)11-19(20,21)22/h3-6,12-14H,7-11H2,1-2H3/t14-/m1/s1. The Labute approximate surface area is 156 Å². The molecule has 148 valence electrons. The molecule has 1 atom stereocenters. The van der Waals surface area contributed by atoms with Crippen LogP contribution in [0.4, 0.5) is 29.3 Å². The Bertz CT molecular complexity index is 716. The molecular formula is C19H23F3N2O3. The zero-order valence-corrected chi connectivity index (χ0v) is 15.3. The maximum atomic E-state index is 13.1. The van der Waals surface area contributed by atoms with Gasteiger partial charge in [-0.05, 0) is 36.8 Å². The molecule has 5 nitrogen and oxygen atoms in total. The van der Waals surface area contributed by atoms with Crippen molar-refractivity contribution in [3.8, 4) is 0 Å². The lowest BCUT2D eigenvalue weighted by Crippen LogP contribution is -2.45. The fraction of sp³-hybridized carbons (Fsp3) is 0.579. The van der Waals surface area contributed by atoms with E-state index in [1.807, 2.05) is 0 Å². The molecular weight excluding hydrogens is 361 g/mol. The lowest BCUT2D eigenvalue weighted by Gasteiger charge is -2.27. The summed E-state index contributed by atoms with van der Waals surface area (Å²) in [6.45, 7) is 2.42. The maximum absolute atomic E-state index is 13.1. The number of carbonyl (C=O) groups is 2. The van der Waals surface area contributed by atoms with E-state index in [1.165, 1.54) is 11.0 Å². The van der Waals surface area contributed by atoms with Crippen molar-refractivity contribution in [2.75, 3.05) is 29.5 Å². The quantitative estimate of drug-likeness (QED) is 0.781. The molecule has 0 saturated heterocycles. The lowest BCUT2D eigenvalue weighted by molar-refractivity contribution is -0.135. The summed E-state index contributed by atoms with van der Waals surface area (Å²) in [5.74, 6) is -1.26. The number of fused-ring (bicyclic) bond motifs is 1. The van der Waals surface area contributed by atoms with Gasteiger partial charge in [0.05, 0.1) is 23.9 Å². The second-order valence-electron chi connectivity index (χ2n) is 7.51. The van der Waals surface area contributed by atoms with Gasteiger partial charge in [0.25, 0.3) is 0 Å². The first kappa shape index (κ1) is 19.5. The van der Waals surface area contributed by atoms with Gasteiger partial charge in [-0.25, -0.2) is 4.79 Å². The number of benzene rings is 1. The van der Waals surface area contributed by atoms with E-state index in [-0.39, 0.29) is 23.8 Å². The molecule has 8 heteroatoms. The van der Waals surface area contributed by atoms with Crippen LogP contribution in [-0.4, -0.2) is 37.9 Å². The Morgan fingerprint density at radius 2 is 1.85 bits per heavy atom. The van der Waals surface area contributed by atoms with Gasteiger partial charge in [0, 0.05) is 6.54 Å². The fourth-order valence-electron chi connectivity index (χ4n) is 3.18. The molecule has 0 spiro atoms. The third-order valence-corrected chi connectivity index (χ3v) is 4.93. The van der Waals surface area contributed by atoms with Gasteiger partial charge in [-0.2, -0.15) is 13.2 Å². The summed E-state index contributed by atoms with van der Waals surface area (Å²) in [4.78, 5) is 27.6. The highest BCUT2D eigenvalue weighted by molar-refractivity contribution is 6.04. The molecule has 2 amide bonds. The highest BCUT2D eigenvalue weighted by Crippen LogP contribution is 2.38. The number of amides is 2. The number of carbonyl (C=O) groups excluding carboxylic acids is 2. The minimum atomic E-state index is -4.55. The van der Waals surface area contributed by atoms with Gasteiger partial charge < -0.3 is 9.64 Å². The molecule has 27 heavy (non-hydrogen) atoms. The average Bonchev–Trinajstić information content (AvgIpc) is 3.41. The highest BCUT2D eigenvalue weighted by atomic mass is 19.4. The van der Waals surface area contributed by atoms with Crippen molar-refractivity contribution in [1.82, 2.24) is 0 Å². The molecule has 2 aliphatic rings. The number of anilines is 2. The Kier molecular flexibility index (Phi) is 5.35. The minimum absolute atomic E-state index is 0.00856. The Balaban J connectivity index is 1.98. The Morgan fingerprint density at radius 3 is 2.41 bits per heavy atom. The van der Waals surface area contributed by atoms with E-state index in [0.29, 0.717) is 12.5 Å². The highest BCUT2D eigenvalue weighted by Gasteiger charge is 2.42. The predicted octanol–water partition coefficient (Wildman–Crippen LogP) is 4.22.